The van der Waals surface area contributed by atoms with Crippen molar-refractivity contribution in [3.63, 3.8) is 0 Å². The average molecular weight is 426 g/mol. The molecule has 2 atom stereocenters. The summed E-state index contributed by atoms with van der Waals surface area (Å²) < 4.78 is 11.0. The van der Waals surface area contributed by atoms with Crippen molar-refractivity contribution in [2.45, 2.75) is 65.0 Å². The first kappa shape index (κ1) is 24.4. The molecule has 0 aliphatic heterocycles. The zero-order valence-electron chi connectivity index (χ0n) is 19.1. The molecule has 0 aromatic heterocycles. The smallest absolute Gasteiger partial charge is 0.339 e. The lowest BCUT2D eigenvalue weighted by Crippen LogP contribution is -2.32. The van der Waals surface area contributed by atoms with E-state index >= 15 is 0 Å². The second-order valence-corrected chi connectivity index (χ2v) is 7.75. The Morgan fingerprint density at radius 2 is 1.52 bits per heavy atom. The van der Waals surface area contributed by atoms with Gasteiger partial charge < -0.3 is 14.8 Å². The van der Waals surface area contributed by atoms with Crippen molar-refractivity contribution in [1.29, 1.82) is 0 Å². The maximum absolute atomic E-state index is 13.4. The summed E-state index contributed by atoms with van der Waals surface area (Å²) in [7, 11) is 1.34. The van der Waals surface area contributed by atoms with E-state index in [2.05, 4.69) is 26.1 Å². The van der Waals surface area contributed by atoms with Crippen molar-refractivity contribution in [1.82, 2.24) is 0 Å². The Morgan fingerprint density at radius 3 is 2.10 bits per heavy atom. The third kappa shape index (κ3) is 6.84. The molecule has 0 saturated heterocycles. The summed E-state index contributed by atoms with van der Waals surface area (Å²) in [6.07, 6.45) is 4.84. The van der Waals surface area contributed by atoms with E-state index in [0.717, 1.165) is 37.7 Å². The van der Waals surface area contributed by atoms with Crippen LogP contribution in [0.2, 0.25) is 0 Å². The Kier molecular flexibility index (Phi) is 10.1. The van der Waals surface area contributed by atoms with E-state index in [1.54, 1.807) is 18.2 Å². The van der Waals surface area contributed by atoms with Gasteiger partial charge in [0.2, 0.25) is 0 Å². The van der Waals surface area contributed by atoms with Crippen LogP contribution in [0.15, 0.2) is 54.6 Å². The highest BCUT2D eigenvalue weighted by Gasteiger charge is 2.29. The minimum absolute atomic E-state index is 0.128. The summed E-state index contributed by atoms with van der Waals surface area (Å²) >= 11 is 0. The summed E-state index contributed by atoms with van der Waals surface area (Å²) in [5, 5.41) is 3.24. The maximum Gasteiger partial charge on any atom is 0.339 e. The molecule has 1 unspecified atom stereocenters. The lowest BCUT2D eigenvalue weighted by Gasteiger charge is -2.28. The highest BCUT2D eigenvalue weighted by molar-refractivity contribution is 5.96. The predicted molar refractivity (Wildman–Crippen MR) is 124 cm³/mol. The van der Waals surface area contributed by atoms with Crippen LogP contribution in [0.5, 0.6) is 0 Å². The van der Waals surface area contributed by atoms with Crippen LogP contribution in [0.4, 0.5) is 5.69 Å². The van der Waals surface area contributed by atoms with Crippen molar-refractivity contribution in [2.75, 3.05) is 12.4 Å². The molecule has 1 N–H and O–H groups in total. The zero-order valence-corrected chi connectivity index (χ0v) is 19.1. The molecule has 2 aromatic rings. The van der Waals surface area contributed by atoms with E-state index < -0.39 is 12.0 Å². The van der Waals surface area contributed by atoms with E-state index in [9.17, 15) is 9.59 Å². The van der Waals surface area contributed by atoms with Gasteiger partial charge in [0.25, 0.3) is 0 Å². The summed E-state index contributed by atoms with van der Waals surface area (Å²) in [6.45, 7) is 6.39. The number of carbonyl (C=O) groups excluding carboxylic acids is 2. The van der Waals surface area contributed by atoms with Crippen LogP contribution in [0.1, 0.15) is 74.8 Å². The molecule has 168 valence electrons. The molecule has 0 bridgehead atoms. The van der Waals surface area contributed by atoms with Gasteiger partial charge in [0.1, 0.15) is 6.10 Å². The number of esters is 2. The van der Waals surface area contributed by atoms with Crippen LogP contribution in [-0.4, -0.2) is 25.2 Å². The van der Waals surface area contributed by atoms with E-state index in [4.69, 9.17) is 9.47 Å². The van der Waals surface area contributed by atoms with Crippen molar-refractivity contribution in [2.24, 2.45) is 5.92 Å². The summed E-state index contributed by atoms with van der Waals surface area (Å²) in [4.78, 5) is 25.6. The quantitative estimate of drug-likeness (QED) is 0.412. The first-order chi connectivity index (χ1) is 15.0. The van der Waals surface area contributed by atoms with Gasteiger partial charge in [-0.2, -0.15) is 0 Å². The van der Waals surface area contributed by atoms with Gasteiger partial charge >= 0.3 is 11.9 Å². The Labute approximate surface area is 186 Å². The fourth-order valence-electron chi connectivity index (χ4n) is 3.96. The largest absolute Gasteiger partial charge is 0.465 e. The highest BCUT2D eigenvalue weighted by atomic mass is 16.5. The molecule has 2 aromatic carbocycles. The Morgan fingerprint density at radius 1 is 0.903 bits per heavy atom. The number of nitrogens with one attached hydrogen (secondary N) is 1. The fraction of sp³-hybridized carbons (Fsp3) is 0.462. The Hall–Kier alpha value is -2.82. The van der Waals surface area contributed by atoms with Crippen LogP contribution in [0.25, 0.3) is 0 Å². The second kappa shape index (κ2) is 12.8. The van der Waals surface area contributed by atoms with Crippen molar-refractivity contribution in [3.8, 4) is 0 Å². The maximum atomic E-state index is 13.4. The average Bonchev–Trinajstić information content (AvgIpc) is 2.81. The van der Waals surface area contributed by atoms with Crippen LogP contribution in [0.3, 0.4) is 0 Å². The molecule has 0 radical (unpaired) electrons. The molecule has 2 rings (SSSR count). The number of hydrogen-bond acceptors (Lipinski definition) is 5. The first-order valence-corrected chi connectivity index (χ1v) is 11.2. The lowest BCUT2D eigenvalue weighted by molar-refractivity contribution is -0.153. The summed E-state index contributed by atoms with van der Waals surface area (Å²) in [6, 6.07) is 15.7. The molecule has 0 heterocycles. The standard InChI is InChI=1S/C26H35NO4/c1-5-13-19(14-6-2)23(7-3)31-26(29)24(20-15-9-8-10-16-20)27-22-18-12-11-17-21(22)25(28)30-4/h8-12,15-19,23-24,27H,5-7,13-14H2,1-4H3/t23-,24?/m0/s1. The van der Waals surface area contributed by atoms with E-state index in [1.807, 2.05) is 36.4 Å². The molecule has 0 aliphatic rings. The monoisotopic (exact) mass is 425 g/mol. The minimum Gasteiger partial charge on any atom is -0.465 e. The van der Waals surface area contributed by atoms with E-state index in [-0.39, 0.29) is 12.1 Å². The number of benzene rings is 2. The van der Waals surface area contributed by atoms with Gasteiger partial charge in [-0.1, -0.05) is 76.1 Å². The van der Waals surface area contributed by atoms with Gasteiger partial charge in [0.05, 0.1) is 12.7 Å². The second-order valence-electron chi connectivity index (χ2n) is 7.75. The molecule has 31 heavy (non-hydrogen) atoms. The third-order valence-corrected chi connectivity index (χ3v) is 5.52. The normalized spacial score (nSPS) is 12.8. The van der Waals surface area contributed by atoms with Gasteiger partial charge in [-0.25, -0.2) is 9.59 Å². The van der Waals surface area contributed by atoms with Gasteiger partial charge in [-0.05, 0) is 42.9 Å². The van der Waals surface area contributed by atoms with Crippen LogP contribution < -0.4 is 5.32 Å². The van der Waals surface area contributed by atoms with E-state index in [1.165, 1.54) is 7.11 Å². The van der Waals surface area contributed by atoms with Crippen LogP contribution in [-0.2, 0) is 14.3 Å². The Bertz CT molecular complexity index is 815. The van der Waals surface area contributed by atoms with Crippen molar-refractivity contribution < 1.29 is 19.1 Å². The number of carbonyl (C=O) groups is 2. The summed E-state index contributed by atoms with van der Waals surface area (Å²) in [5.74, 6) is -0.446. The van der Waals surface area contributed by atoms with Crippen molar-refractivity contribution >= 4 is 17.6 Å². The van der Waals surface area contributed by atoms with E-state index in [0.29, 0.717) is 17.2 Å². The van der Waals surface area contributed by atoms with Gasteiger partial charge in [-0.15, -0.1) is 0 Å². The molecule has 5 heteroatoms. The minimum atomic E-state index is -0.732. The zero-order chi connectivity index (χ0) is 22.6. The molecule has 0 spiro atoms. The van der Waals surface area contributed by atoms with Gasteiger partial charge in [-0.3, -0.25) is 0 Å². The lowest BCUT2D eigenvalue weighted by atomic mass is 9.90. The van der Waals surface area contributed by atoms with Crippen LogP contribution in [0, 0.1) is 5.92 Å². The number of para-hydroxylation sites is 1. The number of ether oxygens (including phenoxy) is 2. The van der Waals surface area contributed by atoms with Crippen LogP contribution >= 0.6 is 0 Å². The molecule has 5 nitrogen and oxygen atoms in total. The molecular weight excluding hydrogens is 390 g/mol. The number of anilines is 1. The number of rotatable bonds is 12. The molecule has 0 saturated carbocycles. The summed E-state index contributed by atoms with van der Waals surface area (Å²) in [5.41, 5.74) is 1.69. The fourth-order valence-corrected chi connectivity index (χ4v) is 3.96. The molecule has 0 amide bonds. The molecular formula is C26H35NO4. The first-order valence-electron chi connectivity index (χ1n) is 11.2. The molecule has 0 fully saturated rings. The SMILES string of the molecule is CCCC(CCC)[C@H](CC)OC(=O)C(Nc1ccccc1C(=O)OC)c1ccccc1. The third-order valence-electron chi connectivity index (χ3n) is 5.52. The topological polar surface area (TPSA) is 64.6 Å². The number of hydrogen-bond donors (Lipinski definition) is 1. The number of methoxy groups -OCH3 is 1. The predicted octanol–water partition coefficient (Wildman–Crippen LogP) is 6.16. The van der Waals surface area contributed by atoms with Gasteiger partial charge in [0.15, 0.2) is 6.04 Å². The highest BCUT2D eigenvalue weighted by Crippen LogP contribution is 2.28. The molecule has 0 aliphatic carbocycles. The van der Waals surface area contributed by atoms with Crippen molar-refractivity contribution in [3.05, 3.63) is 65.7 Å². The Balaban J connectivity index is 2.33. The van der Waals surface area contributed by atoms with Gasteiger partial charge in [0, 0.05) is 5.69 Å².